The normalized spacial score (nSPS) is 16.3. The van der Waals surface area contributed by atoms with E-state index in [0.29, 0.717) is 38.7 Å². The van der Waals surface area contributed by atoms with Gasteiger partial charge in [0.2, 0.25) is 5.88 Å². The summed E-state index contributed by atoms with van der Waals surface area (Å²) in [5.74, 6) is 0.208. The zero-order valence-corrected chi connectivity index (χ0v) is 21.4. The van der Waals surface area contributed by atoms with Gasteiger partial charge in [-0.05, 0) is 44.5 Å². The molecule has 0 radical (unpaired) electrons. The Hall–Kier alpha value is -2.78. The number of benzene rings is 2. The molecule has 0 bridgehead atoms. The lowest BCUT2D eigenvalue weighted by molar-refractivity contribution is 0.00243. The molecule has 0 amide bonds. The van der Waals surface area contributed by atoms with Crippen LogP contribution in [-0.4, -0.2) is 76.2 Å². The standard InChI is InChI=1S/C28H37FN4O3/c1-4-21(2)32(19-24(34)18-31-14-16-35-17-15-31)20-25-22(3)30-33(23-10-6-5-7-11-23)28(25)36-27-13-9-8-12-26(27)29/h5-13,21,24,34H,4,14-20H2,1-3H3. The fourth-order valence-electron chi connectivity index (χ4n) is 4.47. The van der Waals surface area contributed by atoms with Crippen molar-refractivity contribution >= 4 is 0 Å². The van der Waals surface area contributed by atoms with Crippen molar-refractivity contribution in [3.05, 3.63) is 71.7 Å². The molecular formula is C28H37FN4O3. The maximum absolute atomic E-state index is 14.6. The summed E-state index contributed by atoms with van der Waals surface area (Å²) in [6, 6.07) is 16.3. The van der Waals surface area contributed by atoms with E-state index in [1.165, 1.54) is 6.07 Å². The summed E-state index contributed by atoms with van der Waals surface area (Å²) in [4.78, 5) is 4.51. The van der Waals surface area contributed by atoms with E-state index >= 15 is 0 Å². The number of hydrogen-bond acceptors (Lipinski definition) is 6. The van der Waals surface area contributed by atoms with Crippen LogP contribution in [0, 0.1) is 12.7 Å². The van der Waals surface area contributed by atoms with Crippen LogP contribution < -0.4 is 4.74 Å². The van der Waals surface area contributed by atoms with Gasteiger partial charge in [0.05, 0.1) is 36.3 Å². The van der Waals surface area contributed by atoms with E-state index in [4.69, 9.17) is 14.6 Å². The van der Waals surface area contributed by atoms with E-state index in [-0.39, 0.29) is 11.8 Å². The molecule has 2 heterocycles. The van der Waals surface area contributed by atoms with E-state index in [0.717, 1.165) is 36.5 Å². The van der Waals surface area contributed by atoms with Crippen molar-refractivity contribution in [2.45, 2.75) is 45.9 Å². The van der Waals surface area contributed by atoms with Gasteiger partial charge in [0, 0.05) is 38.8 Å². The molecule has 194 valence electrons. The molecule has 4 rings (SSSR count). The molecule has 0 spiro atoms. The molecule has 7 nitrogen and oxygen atoms in total. The third-order valence-electron chi connectivity index (χ3n) is 6.77. The van der Waals surface area contributed by atoms with Gasteiger partial charge in [0.1, 0.15) is 0 Å². The lowest BCUT2D eigenvalue weighted by Gasteiger charge is -2.33. The second-order valence-corrected chi connectivity index (χ2v) is 9.40. The Morgan fingerprint density at radius 1 is 1.11 bits per heavy atom. The number of aryl methyl sites for hydroxylation is 1. The molecule has 0 saturated carbocycles. The number of rotatable bonds is 11. The monoisotopic (exact) mass is 496 g/mol. The molecule has 1 N–H and O–H groups in total. The summed E-state index contributed by atoms with van der Waals surface area (Å²) in [6.45, 7) is 11.0. The van der Waals surface area contributed by atoms with Gasteiger partial charge < -0.3 is 14.6 Å². The lowest BCUT2D eigenvalue weighted by atomic mass is 10.1. The lowest BCUT2D eigenvalue weighted by Crippen LogP contribution is -2.46. The fourth-order valence-corrected chi connectivity index (χ4v) is 4.47. The summed E-state index contributed by atoms with van der Waals surface area (Å²) in [5.41, 5.74) is 2.52. The molecule has 36 heavy (non-hydrogen) atoms. The number of para-hydroxylation sites is 2. The first-order valence-corrected chi connectivity index (χ1v) is 12.7. The van der Waals surface area contributed by atoms with Gasteiger partial charge in [0.15, 0.2) is 11.6 Å². The predicted molar refractivity (Wildman–Crippen MR) is 138 cm³/mol. The maximum Gasteiger partial charge on any atom is 0.227 e. The first kappa shape index (κ1) is 26.3. The fraction of sp³-hybridized carbons (Fsp3) is 0.464. The second-order valence-electron chi connectivity index (χ2n) is 9.40. The van der Waals surface area contributed by atoms with Gasteiger partial charge in [-0.25, -0.2) is 9.07 Å². The number of halogens is 1. The molecule has 0 aliphatic carbocycles. The van der Waals surface area contributed by atoms with Crippen LogP contribution in [0.1, 0.15) is 31.5 Å². The minimum absolute atomic E-state index is 0.151. The smallest absolute Gasteiger partial charge is 0.227 e. The Bertz CT molecular complexity index is 1100. The number of hydrogen-bond donors (Lipinski definition) is 1. The number of nitrogens with zero attached hydrogens (tertiary/aromatic N) is 4. The highest BCUT2D eigenvalue weighted by atomic mass is 19.1. The van der Waals surface area contributed by atoms with Crippen LogP contribution >= 0.6 is 0 Å². The summed E-state index contributed by atoms with van der Waals surface area (Å²) >= 11 is 0. The van der Waals surface area contributed by atoms with E-state index in [9.17, 15) is 9.50 Å². The highest BCUT2D eigenvalue weighted by Crippen LogP contribution is 2.33. The average Bonchev–Trinajstić information content (AvgIpc) is 3.20. The van der Waals surface area contributed by atoms with Crippen molar-refractivity contribution in [3.8, 4) is 17.3 Å². The van der Waals surface area contributed by atoms with E-state index < -0.39 is 11.9 Å². The van der Waals surface area contributed by atoms with Gasteiger partial charge >= 0.3 is 0 Å². The topological polar surface area (TPSA) is 63.0 Å². The molecule has 2 unspecified atom stereocenters. The summed E-state index contributed by atoms with van der Waals surface area (Å²) in [6.07, 6.45) is 0.428. The van der Waals surface area contributed by atoms with Crippen LogP contribution in [0.4, 0.5) is 4.39 Å². The van der Waals surface area contributed by atoms with Crippen LogP contribution in [-0.2, 0) is 11.3 Å². The molecule has 2 aromatic carbocycles. The first-order chi connectivity index (χ1) is 17.5. The van der Waals surface area contributed by atoms with Gasteiger partial charge in [-0.15, -0.1) is 0 Å². The Kier molecular flexibility index (Phi) is 9.09. The van der Waals surface area contributed by atoms with Crippen molar-refractivity contribution < 1.29 is 19.0 Å². The van der Waals surface area contributed by atoms with E-state index in [1.54, 1.807) is 22.9 Å². The zero-order chi connectivity index (χ0) is 25.5. The Labute approximate surface area is 213 Å². The van der Waals surface area contributed by atoms with Crippen molar-refractivity contribution in [3.63, 3.8) is 0 Å². The predicted octanol–water partition coefficient (Wildman–Crippen LogP) is 4.41. The summed E-state index contributed by atoms with van der Waals surface area (Å²) < 4.78 is 27.9. The van der Waals surface area contributed by atoms with Crippen molar-refractivity contribution in [2.24, 2.45) is 0 Å². The van der Waals surface area contributed by atoms with Crippen molar-refractivity contribution in [2.75, 3.05) is 39.4 Å². The SMILES string of the molecule is CCC(C)N(Cc1c(C)nn(-c2ccccc2)c1Oc1ccccc1F)CC(O)CN1CCOCC1. The van der Waals surface area contributed by atoms with Gasteiger partial charge in [-0.3, -0.25) is 9.80 Å². The number of ether oxygens (including phenoxy) is 2. The minimum Gasteiger partial charge on any atom is -0.435 e. The van der Waals surface area contributed by atoms with E-state index in [2.05, 4.69) is 23.6 Å². The Balaban J connectivity index is 1.63. The van der Waals surface area contributed by atoms with Crippen molar-refractivity contribution in [1.82, 2.24) is 19.6 Å². The van der Waals surface area contributed by atoms with E-state index in [1.807, 2.05) is 37.3 Å². The molecule has 1 aliphatic heterocycles. The minimum atomic E-state index is -0.502. The number of aromatic nitrogens is 2. The average molecular weight is 497 g/mol. The molecule has 3 aromatic rings. The molecule has 1 aliphatic rings. The van der Waals surface area contributed by atoms with Crippen molar-refractivity contribution in [1.29, 1.82) is 0 Å². The summed E-state index contributed by atoms with van der Waals surface area (Å²) in [5, 5.41) is 15.7. The molecule has 1 fully saturated rings. The zero-order valence-electron chi connectivity index (χ0n) is 21.4. The highest BCUT2D eigenvalue weighted by molar-refractivity contribution is 5.43. The number of aliphatic hydroxyl groups is 1. The molecule has 2 atom stereocenters. The molecule has 8 heteroatoms. The van der Waals surface area contributed by atoms with Gasteiger partial charge in [0.25, 0.3) is 0 Å². The van der Waals surface area contributed by atoms with Gasteiger partial charge in [-0.1, -0.05) is 37.3 Å². The van der Waals surface area contributed by atoms with Crippen LogP contribution in [0.5, 0.6) is 11.6 Å². The maximum atomic E-state index is 14.6. The summed E-state index contributed by atoms with van der Waals surface area (Å²) in [7, 11) is 0. The quantitative estimate of drug-likeness (QED) is 0.425. The number of morpholine rings is 1. The van der Waals surface area contributed by atoms with Gasteiger partial charge in [-0.2, -0.15) is 5.10 Å². The number of β-amino-alcohol motifs (C(OH)–C–C–N with tert-alkyl or cyclic N) is 1. The molecular weight excluding hydrogens is 459 g/mol. The van der Waals surface area contributed by atoms with Crippen LogP contribution in [0.25, 0.3) is 5.69 Å². The second kappa shape index (κ2) is 12.5. The van der Waals surface area contributed by atoms with Crippen LogP contribution in [0.3, 0.4) is 0 Å². The third kappa shape index (κ3) is 6.50. The molecule has 1 aromatic heterocycles. The highest BCUT2D eigenvalue weighted by Gasteiger charge is 2.26. The largest absolute Gasteiger partial charge is 0.435 e. The van der Waals surface area contributed by atoms with Crippen LogP contribution in [0.2, 0.25) is 0 Å². The Morgan fingerprint density at radius 2 is 1.81 bits per heavy atom. The third-order valence-corrected chi connectivity index (χ3v) is 6.77. The Morgan fingerprint density at radius 3 is 2.50 bits per heavy atom. The number of aliphatic hydroxyl groups excluding tert-OH is 1. The first-order valence-electron chi connectivity index (χ1n) is 12.7. The molecule has 1 saturated heterocycles. The van der Waals surface area contributed by atoms with Crippen LogP contribution in [0.15, 0.2) is 54.6 Å².